The summed E-state index contributed by atoms with van der Waals surface area (Å²) in [4.78, 5) is 31.5. The van der Waals surface area contributed by atoms with E-state index in [0.717, 1.165) is 24.8 Å². The summed E-state index contributed by atoms with van der Waals surface area (Å²) in [6.45, 7) is 5.15. The summed E-state index contributed by atoms with van der Waals surface area (Å²) in [6.07, 6.45) is 2.49. The van der Waals surface area contributed by atoms with Gasteiger partial charge < -0.3 is 9.80 Å². The summed E-state index contributed by atoms with van der Waals surface area (Å²) in [5.41, 5.74) is 3.68. The third-order valence-corrected chi connectivity index (χ3v) is 7.14. The van der Waals surface area contributed by atoms with Crippen molar-refractivity contribution in [3.63, 3.8) is 0 Å². The second-order valence-electron chi connectivity index (χ2n) is 8.54. The molecular weight excluding hydrogens is 435 g/mol. The molecule has 0 N–H and O–H groups in total. The zero-order valence-electron chi connectivity index (χ0n) is 19.1. The standard InChI is InChI=1S/C27H29FN2O2S/c1-3-4-14-29(27(32)21-6-5-7-22(28)17-21)18-25(31)30-15-12-24-23(13-16-33-24)26(30)20-10-8-19(2)9-11-20/h5-11,13,16-17,26H,3-4,12,14-15,18H2,1-2H3. The Morgan fingerprint density at radius 1 is 1.15 bits per heavy atom. The number of hydrogen-bond donors (Lipinski definition) is 0. The number of hydrogen-bond acceptors (Lipinski definition) is 3. The van der Waals surface area contributed by atoms with Gasteiger partial charge in [0.05, 0.1) is 6.04 Å². The molecule has 2 heterocycles. The van der Waals surface area contributed by atoms with Crippen LogP contribution in [-0.2, 0) is 11.2 Å². The quantitative estimate of drug-likeness (QED) is 0.456. The first-order chi connectivity index (χ1) is 16.0. The van der Waals surface area contributed by atoms with E-state index in [1.165, 1.54) is 34.2 Å². The Morgan fingerprint density at radius 2 is 1.94 bits per heavy atom. The lowest BCUT2D eigenvalue weighted by Crippen LogP contribution is -2.47. The van der Waals surface area contributed by atoms with Gasteiger partial charge in [-0.3, -0.25) is 9.59 Å². The van der Waals surface area contributed by atoms with Crippen molar-refractivity contribution >= 4 is 23.2 Å². The van der Waals surface area contributed by atoms with Crippen molar-refractivity contribution in [2.45, 2.75) is 39.2 Å². The van der Waals surface area contributed by atoms with Crippen LogP contribution < -0.4 is 0 Å². The molecule has 2 amide bonds. The zero-order chi connectivity index (χ0) is 23.4. The molecule has 0 saturated heterocycles. The molecule has 0 saturated carbocycles. The number of fused-ring (bicyclic) bond motifs is 1. The summed E-state index contributed by atoms with van der Waals surface area (Å²) in [7, 11) is 0. The summed E-state index contributed by atoms with van der Waals surface area (Å²) in [5.74, 6) is -0.849. The molecule has 1 atom stereocenters. The van der Waals surface area contributed by atoms with Crippen molar-refractivity contribution < 1.29 is 14.0 Å². The fourth-order valence-corrected chi connectivity index (χ4v) is 5.26. The zero-order valence-corrected chi connectivity index (χ0v) is 19.9. The highest BCUT2D eigenvalue weighted by Gasteiger charge is 2.34. The van der Waals surface area contributed by atoms with Gasteiger partial charge >= 0.3 is 0 Å². The number of benzene rings is 2. The number of carbonyl (C=O) groups excluding carboxylic acids is 2. The third-order valence-electron chi connectivity index (χ3n) is 6.15. The minimum absolute atomic E-state index is 0.0167. The second-order valence-corrected chi connectivity index (χ2v) is 9.54. The largest absolute Gasteiger partial charge is 0.330 e. The van der Waals surface area contributed by atoms with E-state index in [2.05, 4.69) is 35.7 Å². The van der Waals surface area contributed by atoms with Crippen LogP contribution in [0.1, 0.15) is 57.7 Å². The predicted octanol–water partition coefficient (Wildman–Crippen LogP) is 5.61. The summed E-state index contributed by atoms with van der Waals surface area (Å²) < 4.78 is 13.7. The smallest absolute Gasteiger partial charge is 0.254 e. The van der Waals surface area contributed by atoms with Crippen LogP contribution in [0.5, 0.6) is 0 Å². The lowest BCUT2D eigenvalue weighted by atomic mass is 9.92. The molecule has 33 heavy (non-hydrogen) atoms. The third kappa shape index (κ3) is 5.17. The van der Waals surface area contributed by atoms with Crippen LogP contribution in [0.2, 0.25) is 0 Å². The number of nitrogens with zero attached hydrogens (tertiary/aromatic N) is 2. The lowest BCUT2D eigenvalue weighted by molar-refractivity contribution is -0.134. The molecule has 0 radical (unpaired) electrons. The molecule has 0 fully saturated rings. The Hall–Kier alpha value is -2.99. The average Bonchev–Trinajstić information content (AvgIpc) is 3.30. The van der Waals surface area contributed by atoms with Crippen molar-refractivity contribution in [1.29, 1.82) is 0 Å². The van der Waals surface area contributed by atoms with E-state index in [1.807, 2.05) is 18.7 Å². The highest BCUT2D eigenvalue weighted by molar-refractivity contribution is 7.10. The molecule has 1 aliphatic heterocycles. The first-order valence-electron chi connectivity index (χ1n) is 11.4. The van der Waals surface area contributed by atoms with Crippen LogP contribution in [0, 0.1) is 12.7 Å². The maximum Gasteiger partial charge on any atom is 0.254 e. The average molecular weight is 465 g/mol. The number of aryl methyl sites for hydroxylation is 1. The number of carbonyl (C=O) groups is 2. The maximum absolute atomic E-state index is 13.7. The van der Waals surface area contributed by atoms with Gasteiger partial charge in [0.25, 0.3) is 5.91 Å². The summed E-state index contributed by atoms with van der Waals surface area (Å²) >= 11 is 1.73. The van der Waals surface area contributed by atoms with Gasteiger partial charge in [0, 0.05) is 23.5 Å². The molecule has 3 aromatic rings. The second kappa shape index (κ2) is 10.3. The van der Waals surface area contributed by atoms with E-state index in [4.69, 9.17) is 0 Å². The van der Waals surface area contributed by atoms with Crippen LogP contribution in [0.3, 0.4) is 0 Å². The SMILES string of the molecule is CCCCN(CC(=O)N1CCc2sccc2C1c1ccc(C)cc1)C(=O)c1cccc(F)c1. The lowest BCUT2D eigenvalue weighted by Gasteiger charge is -2.37. The first-order valence-corrected chi connectivity index (χ1v) is 12.3. The van der Waals surface area contributed by atoms with Crippen molar-refractivity contribution in [3.8, 4) is 0 Å². The van der Waals surface area contributed by atoms with Crippen LogP contribution >= 0.6 is 11.3 Å². The van der Waals surface area contributed by atoms with E-state index in [9.17, 15) is 14.0 Å². The van der Waals surface area contributed by atoms with Crippen LogP contribution in [-0.4, -0.2) is 41.2 Å². The molecule has 0 aliphatic carbocycles. The number of halogens is 1. The van der Waals surface area contributed by atoms with Gasteiger partial charge in [-0.15, -0.1) is 11.3 Å². The Balaban J connectivity index is 1.61. The van der Waals surface area contributed by atoms with Crippen molar-refractivity contribution in [2.75, 3.05) is 19.6 Å². The number of thiophene rings is 1. The van der Waals surface area contributed by atoms with Crippen LogP contribution in [0.25, 0.3) is 0 Å². The Morgan fingerprint density at radius 3 is 2.67 bits per heavy atom. The molecule has 1 aliphatic rings. The maximum atomic E-state index is 13.7. The summed E-state index contributed by atoms with van der Waals surface area (Å²) in [6, 6.07) is 15.9. The van der Waals surface area contributed by atoms with Crippen molar-refractivity contribution in [3.05, 3.63) is 92.9 Å². The van der Waals surface area contributed by atoms with Gasteiger partial charge in [-0.1, -0.05) is 49.2 Å². The van der Waals surface area contributed by atoms with Gasteiger partial charge in [-0.05, 0) is 60.5 Å². The molecule has 6 heteroatoms. The fourth-order valence-electron chi connectivity index (χ4n) is 4.35. The van der Waals surface area contributed by atoms with E-state index in [-0.39, 0.29) is 30.0 Å². The van der Waals surface area contributed by atoms with Gasteiger partial charge in [0.2, 0.25) is 5.91 Å². The van der Waals surface area contributed by atoms with E-state index in [0.29, 0.717) is 13.1 Å². The minimum atomic E-state index is -0.455. The number of rotatable bonds is 7. The highest BCUT2D eigenvalue weighted by atomic mass is 32.1. The Kier molecular flexibility index (Phi) is 7.23. The summed E-state index contributed by atoms with van der Waals surface area (Å²) in [5, 5.41) is 2.08. The van der Waals surface area contributed by atoms with Gasteiger partial charge in [-0.25, -0.2) is 4.39 Å². The molecule has 2 aromatic carbocycles. The monoisotopic (exact) mass is 464 g/mol. The number of amides is 2. The fraction of sp³-hybridized carbons (Fsp3) is 0.333. The van der Waals surface area contributed by atoms with E-state index in [1.54, 1.807) is 22.3 Å². The van der Waals surface area contributed by atoms with E-state index >= 15 is 0 Å². The molecule has 1 unspecified atom stereocenters. The molecule has 0 spiro atoms. The molecule has 0 bridgehead atoms. The topological polar surface area (TPSA) is 40.6 Å². The molecular formula is C27H29FN2O2S. The first kappa shape index (κ1) is 23.2. The van der Waals surface area contributed by atoms with Gasteiger partial charge in [0.1, 0.15) is 12.4 Å². The van der Waals surface area contributed by atoms with Crippen LogP contribution in [0.15, 0.2) is 60.0 Å². The Labute approximate surface area is 198 Å². The van der Waals surface area contributed by atoms with Crippen LogP contribution in [0.4, 0.5) is 4.39 Å². The predicted molar refractivity (Wildman–Crippen MR) is 130 cm³/mol. The minimum Gasteiger partial charge on any atom is -0.330 e. The van der Waals surface area contributed by atoms with Crippen molar-refractivity contribution in [1.82, 2.24) is 9.80 Å². The van der Waals surface area contributed by atoms with Gasteiger partial charge in [-0.2, -0.15) is 0 Å². The molecule has 172 valence electrons. The highest BCUT2D eigenvalue weighted by Crippen LogP contribution is 2.38. The normalized spacial score (nSPS) is 15.2. The van der Waals surface area contributed by atoms with Gasteiger partial charge in [0.15, 0.2) is 0 Å². The molecule has 1 aromatic heterocycles. The molecule has 4 nitrogen and oxygen atoms in total. The molecule has 4 rings (SSSR count). The Bertz CT molecular complexity index is 1130. The van der Waals surface area contributed by atoms with E-state index < -0.39 is 5.82 Å². The number of unbranched alkanes of at least 4 members (excludes halogenated alkanes) is 1. The van der Waals surface area contributed by atoms with Crippen molar-refractivity contribution in [2.24, 2.45) is 0 Å².